The maximum atomic E-state index is 11.8. The number of hydrogen-bond donors (Lipinski definition) is 3. The van der Waals surface area contributed by atoms with Gasteiger partial charge in [-0.1, -0.05) is 35.9 Å². The molecule has 5 nitrogen and oxygen atoms in total. The van der Waals surface area contributed by atoms with Crippen molar-refractivity contribution in [3.05, 3.63) is 47.0 Å². The number of nitrogens with two attached hydrogens (primary N) is 1. The van der Waals surface area contributed by atoms with Crippen LogP contribution < -0.4 is 5.73 Å². The molecule has 0 radical (unpaired) electrons. The van der Waals surface area contributed by atoms with Gasteiger partial charge in [-0.2, -0.15) is 11.8 Å². The molecule has 1 saturated carbocycles. The number of hydrogen-bond acceptors (Lipinski definition) is 6. The first-order valence-electron chi connectivity index (χ1n) is 10.8. The third-order valence-corrected chi connectivity index (χ3v) is 7.97. The Balaban J connectivity index is 1.75. The van der Waals surface area contributed by atoms with E-state index in [4.69, 9.17) is 15.2 Å². The van der Waals surface area contributed by atoms with E-state index in [1.165, 1.54) is 5.57 Å². The summed E-state index contributed by atoms with van der Waals surface area (Å²) in [5.74, 6) is 1.14. The summed E-state index contributed by atoms with van der Waals surface area (Å²) >= 11 is 1.70. The molecule has 1 aromatic rings. The maximum absolute atomic E-state index is 11.8. The summed E-state index contributed by atoms with van der Waals surface area (Å²) < 4.78 is 12.0. The molecular formula is C24H37NO4S. The van der Waals surface area contributed by atoms with Crippen molar-refractivity contribution in [2.75, 3.05) is 12.9 Å². The molecule has 0 amide bonds. The van der Waals surface area contributed by atoms with E-state index in [0.29, 0.717) is 12.2 Å². The summed E-state index contributed by atoms with van der Waals surface area (Å²) in [6, 6.07) is 7.80. The van der Waals surface area contributed by atoms with Crippen LogP contribution in [0.1, 0.15) is 51.2 Å². The van der Waals surface area contributed by atoms with Crippen molar-refractivity contribution in [1.82, 2.24) is 0 Å². The number of aliphatic hydroxyl groups is 2. The van der Waals surface area contributed by atoms with Crippen molar-refractivity contribution in [2.24, 2.45) is 11.7 Å². The fourth-order valence-electron chi connectivity index (χ4n) is 4.98. The second kappa shape index (κ2) is 9.72. The Hall–Kier alpha value is -0.890. The van der Waals surface area contributed by atoms with Gasteiger partial charge in [0.1, 0.15) is 5.60 Å². The van der Waals surface area contributed by atoms with Crippen molar-refractivity contribution >= 4 is 11.8 Å². The van der Waals surface area contributed by atoms with Crippen LogP contribution in [0.5, 0.6) is 0 Å². The monoisotopic (exact) mass is 435 g/mol. The summed E-state index contributed by atoms with van der Waals surface area (Å²) in [7, 11) is 1.69. The maximum Gasteiger partial charge on any atom is 0.100 e. The summed E-state index contributed by atoms with van der Waals surface area (Å²) in [6.07, 6.45) is 4.24. The van der Waals surface area contributed by atoms with E-state index in [-0.39, 0.29) is 30.8 Å². The van der Waals surface area contributed by atoms with Crippen LogP contribution in [0, 0.1) is 5.92 Å². The zero-order valence-electron chi connectivity index (χ0n) is 18.6. The van der Waals surface area contributed by atoms with Crippen LogP contribution in [0.2, 0.25) is 0 Å². The van der Waals surface area contributed by atoms with E-state index in [0.717, 1.165) is 29.7 Å². The zero-order valence-corrected chi connectivity index (χ0v) is 19.5. The van der Waals surface area contributed by atoms with Crippen LogP contribution in [0.15, 0.2) is 35.9 Å². The number of epoxide rings is 1. The average molecular weight is 436 g/mol. The Bertz CT molecular complexity index is 752. The molecule has 3 rings (SSSR count). The van der Waals surface area contributed by atoms with Gasteiger partial charge < -0.3 is 25.4 Å². The van der Waals surface area contributed by atoms with Gasteiger partial charge in [-0.15, -0.1) is 0 Å². The molecule has 1 saturated heterocycles. The summed E-state index contributed by atoms with van der Waals surface area (Å²) in [6.45, 7) is 6.31. The van der Waals surface area contributed by atoms with E-state index in [1.807, 2.05) is 24.3 Å². The molecule has 30 heavy (non-hydrogen) atoms. The molecule has 2 aliphatic rings. The Kier molecular flexibility index (Phi) is 7.70. The standard InChI is InChI=1S/C24H37NO4S/c1-16(2)9-10-20-23(3,29-20)22-21(28-4)19(25)11-12-24(22,27)15-30-14-18-8-6-5-7-17(18)13-26/h5-9,19-22,26-27H,10-15,25H2,1-4H3. The molecule has 0 bridgehead atoms. The summed E-state index contributed by atoms with van der Waals surface area (Å²) in [4.78, 5) is 0. The van der Waals surface area contributed by atoms with E-state index < -0.39 is 11.2 Å². The second-order valence-electron chi connectivity index (χ2n) is 9.21. The number of ether oxygens (including phenoxy) is 2. The highest BCUT2D eigenvalue weighted by atomic mass is 32.2. The molecule has 6 unspecified atom stereocenters. The molecule has 168 valence electrons. The highest BCUT2D eigenvalue weighted by molar-refractivity contribution is 7.98. The van der Waals surface area contributed by atoms with Crippen LogP contribution in [-0.2, 0) is 21.8 Å². The van der Waals surface area contributed by atoms with Gasteiger partial charge >= 0.3 is 0 Å². The molecule has 1 aliphatic carbocycles. The molecule has 0 spiro atoms. The molecule has 6 heteroatoms. The summed E-state index contributed by atoms with van der Waals surface area (Å²) in [5, 5.41) is 21.4. The van der Waals surface area contributed by atoms with Crippen LogP contribution in [-0.4, -0.2) is 52.5 Å². The first-order valence-corrected chi connectivity index (χ1v) is 12.0. The lowest BCUT2D eigenvalue weighted by atomic mass is 9.66. The van der Waals surface area contributed by atoms with Gasteiger partial charge in [-0.3, -0.25) is 0 Å². The van der Waals surface area contributed by atoms with E-state index in [9.17, 15) is 10.2 Å². The first kappa shape index (κ1) is 23.8. The first-order chi connectivity index (χ1) is 14.2. The van der Waals surface area contributed by atoms with Gasteiger partial charge in [-0.25, -0.2) is 0 Å². The largest absolute Gasteiger partial charge is 0.392 e. The molecule has 6 atom stereocenters. The van der Waals surface area contributed by atoms with E-state index in [1.54, 1.807) is 18.9 Å². The normalized spacial score (nSPS) is 35.8. The van der Waals surface area contributed by atoms with E-state index in [2.05, 4.69) is 26.8 Å². The average Bonchev–Trinajstić information content (AvgIpc) is 3.39. The molecule has 4 N–H and O–H groups in total. The number of methoxy groups -OCH3 is 1. The topological polar surface area (TPSA) is 88.2 Å². The van der Waals surface area contributed by atoms with E-state index >= 15 is 0 Å². The Morgan fingerprint density at radius 2 is 2.03 bits per heavy atom. The van der Waals surface area contributed by atoms with Crippen molar-refractivity contribution in [1.29, 1.82) is 0 Å². The SMILES string of the molecule is COC1C(N)CCC(O)(CSCc2ccccc2CO)C1C1(C)OC1CC=C(C)C. The molecule has 0 aromatic heterocycles. The van der Waals surface area contributed by atoms with Crippen LogP contribution in [0.25, 0.3) is 0 Å². The quantitative estimate of drug-likeness (QED) is 0.407. The van der Waals surface area contributed by atoms with Crippen molar-refractivity contribution in [3.63, 3.8) is 0 Å². The number of thioether (sulfide) groups is 1. The van der Waals surface area contributed by atoms with Gasteiger partial charge in [0.25, 0.3) is 0 Å². The van der Waals surface area contributed by atoms with Crippen LogP contribution in [0.4, 0.5) is 0 Å². The molecule has 1 heterocycles. The molecule has 1 aromatic carbocycles. The number of allylic oxidation sites excluding steroid dienone is 1. The second-order valence-corrected chi connectivity index (χ2v) is 10.2. The lowest BCUT2D eigenvalue weighted by Crippen LogP contribution is -2.62. The van der Waals surface area contributed by atoms with Gasteiger partial charge in [0, 0.05) is 30.6 Å². The lowest BCUT2D eigenvalue weighted by Gasteiger charge is -2.48. The number of benzene rings is 1. The Morgan fingerprint density at radius 3 is 2.67 bits per heavy atom. The predicted octanol–water partition coefficient (Wildman–Crippen LogP) is 3.41. The van der Waals surface area contributed by atoms with Crippen LogP contribution >= 0.6 is 11.8 Å². The summed E-state index contributed by atoms with van der Waals surface area (Å²) in [5.41, 5.74) is 8.37. The fourth-order valence-corrected chi connectivity index (χ4v) is 6.26. The van der Waals surface area contributed by atoms with Crippen molar-refractivity contribution < 1.29 is 19.7 Å². The zero-order chi connectivity index (χ0) is 21.9. The highest BCUT2D eigenvalue weighted by Gasteiger charge is 2.66. The van der Waals surface area contributed by atoms with Gasteiger partial charge in [0.05, 0.1) is 24.4 Å². The Morgan fingerprint density at radius 1 is 1.33 bits per heavy atom. The highest BCUT2D eigenvalue weighted by Crippen LogP contribution is 2.54. The lowest BCUT2D eigenvalue weighted by molar-refractivity contribution is -0.134. The molecule has 1 aliphatic heterocycles. The van der Waals surface area contributed by atoms with Gasteiger partial charge in [0.2, 0.25) is 0 Å². The third kappa shape index (κ3) is 4.95. The molecule has 2 fully saturated rings. The minimum absolute atomic E-state index is 0.0299. The van der Waals surface area contributed by atoms with Crippen molar-refractivity contribution in [3.8, 4) is 0 Å². The van der Waals surface area contributed by atoms with Gasteiger partial charge in [-0.05, 0) is 51.2 Å². The predicted molar refractivity (Wildman–Crippen MR) is 122 cm³/mol. The fraction of sp³-hybridized carbons (Fsp3) is 0.667. The molecular weight excluding hydrogens is 398 g/mol. The smallest absolute Gasteiger partial charge is 0.100 e. The Labute approximate surface area is 185 Å². The minimum Gasteiger partial charge on any atom is -0.392 e. The van der Waals surface area contributed by atoms with Gasteiger partial charge in [0.15, 0.2) is 0 Å². The van der Waals surface area contributed by atoms with Crippen LogP contribution in [0.3, 0.4) is 0 Å². The number of aliphatic hydroxyl groups excluding tert-OH is 1. The van der Waals surface area contributed by atoms with Crippen molar-refractivity contribution in [2.45, 2.75) is 81.8 Å². The third-order valence-electron chi connectivity index (χ3n) is 6.75. The number of rotatable bonds is 9. The minimum atomic E-state index is -0.913.